The molecule has 1 aromatic heterocycles. The summed E-state index contributed by atoms with van der Waals surface area (Å²) in [6.45, 7) is 1.39. The lowest BCUT2D eigenvalue weighted by Crippen LogP contribution is -2.27. The van der Waals surface area contributed by atoms with Crippen LogP contribution < -0.4 is 26.4 Å². The van der Waals surface area contributed by atoms with Gasteiger partial charge in [-0.15, -0.1) is 23.2 Å². The number of nitrogens with two attached hydrogens (primary N) is 2. The molecule has 0 saturated carbocycles. The van der Waals surface area contributed by atoms with Crippen LogP contribution >= 0.6 is 34.8 Å². The third-order valence-corrected chi connectivity index (χ3v) is 6.27. The average Bonchev–Trinajstić information content (AvgIpc) is 2.95. The number of carboxylic acids is 1. The number of aromatic carboxylic acids is 1. The first-order valence-electron chi connectivity index (χ1n) is 11.9. The van der Waals surface area contributed by atoms with Crippen molar-refractivity contribution in [2.75, 3.05) is 47.9 Å². The van der Waals surface area contributed by atoms with Crippen LogP contribution in [0.4, 0.5) is 27.3 Å². The third kappa shape index (κ3) is 8.23. The number of carboxylic acid groups (broad SMARTS) is 1. The highest BCUT2D eigenvalue weighted by molar-refractivity contribution is 6.31. The number of rotatable bonds is 10. The number of nitrogen functional groups attached to an aromatic ring is 1. The summed E-state index contributed by atoms with van der Waals surface area (Å²) in [5.74, 6) is -0.754. The molecule has 216 valence electrons. The van der Waals surface area contributed by atoms with E-state index in [2.05, 4.69) is 15.3 Å². The molecule has 0 aliphatic rings. The maximum atomic E-state index is 13.3. The predicted octanol–water partition coefficient (Wildman–Crippen LogP) is 5.52. The zero-order chi connectivity index (χ0) is 30.1. The van der Waals surface area contributed by atoms with E-state index in [-0.39, 0.29) is 22.2 Å². The molecular weight excluding hydrogens is 598 g/mol. The normalized spacial score (nSPS) is 10.5. The van der Waals surface area contributed by atoms with Gasteiger partial charge in [0.2, 0.25) is 5.82 Å². The van der Waals surface area contributed by atoms with Crippen LogP contribution in [-0.4, -0.2) is 58.9 Å². The van der Waals surface area contributed by atoms with E-state index in [4.69, 9.17) is 56.1 Å². The van der Waals surface area contributed by atoms with Crippen molar-refractivity contribution in [2.24, 2.45) is 5.73 Å². The number of benzene rings is 3. The molecule has 0 unspecified atom stereocenters. The number of nitrogens with zero attached hydrogens (tertiary/aromatic N) is 3. The Morgan fingerprint density at radius 2 is 1.71 bits per heavy atom. The second-order valence-electron chi connectivity index (χ2n) is 8.34. The number of halogens is 4. The Kier molecular flexibility index (Phi) is 11.2. The Labute approximate surface area is 250 Å². The van der Waals surface area contributed by atoms with Crippen molar-refractivity contribution in [3.8, 4) is 5.75 Å². The van der Waals surface area contributed by atoms with Crippen molar-refractivity contribution in [2.45, 2.75) is 0 Å². The number of fused-ring (bicyclic) bond motifs is 1. The molecule has 0 bridgehead atoms. The van der Waals surface area contributed by atoms with Crippen LogP contribution in [0.2, 0.25) is 5.02 Å². The fourth-order valence-electron chi connectivity index (χ4n) is 3.65. The van der Waals surface area contributed by atoms with E-state index in [1.807, 2.05) is 4.90 Å². The molecule has 6 N–H and O–H groups in total. The lowest BCUT2D eigenvalue weighted by Gasteiger charge is -2.22. The number of nitrogens with one attached hydrogen (secondary N) is 1. The lowest BCUT2D eigenvalue weighted by atomic mass is 10.2. The number of ether oxygens (including phenoxy) is 1. The summed E-state index contributed by atoms with van der Waals surface area (Å²) in [5, 5.41) is 12.2. The summed E-state index contributed by atoms with van der Waals surface area (Å²) in [6, 6.07) is 13.9. The number of anilines is 4. The molecule has 4 rings (SSSR count). The minimum Gasteiger partial charge on any atom is -0.495 e. The summed E-state index contributed by atoms with van der Waals surface area (Å²) < 4.78 is 18.5. The molecule has 0 aliphatic heterocycles. The molecule has 0 atom stereocenters. The number of carbonyl (C=O) groups excluding carboxylic acids is 1. The first-order valence-corrected chi connectivity index (χ1v) is 13.4. The molecule has 14 heteroatoms. The van der Waals surface area contributed by atoms with Gasteiger partial charge < -0.3 is 31.5 Å². The second kappa shape index (κ2) is 14.5. The molecule has 0 aliphatic carbocycles. The van der Waals surface area contributed by atoms with Gasteiger partial charge in [0.25, 0.3) is 5.91 Å². The standard InChI is InChI=1S/C16H13ClFN5O2.C11H13Cl2NO2/c1-25-13-6-12-8(5-11(13)19)15(23-16(22-12)14(20)24)21-7-2-3-10(18)9(17)4-7;12-5-7-14(8-6-13)10-3-1-9(2-4-10)11(15)16/h2-6H,19H2,1H3,(H2,20,24)(H,21,22,23);1-4H,5-8H2,(H,15,16). The molecule has 0 fully saturated rings. The molecule has 10 nitrogen and oxygen atoms in total. The van der Waals surface area contributed by atoms with Crippen LogP contribution in [0.1, 0.15) is 21.0 Å². The molecule has 4 aromatic rings. The molecule has 1 heterocycles. The van der Waals surface area contributed by atoms with Gasteiger partial charge in [-0.1, -0.05) is 11.6 Å². The smallest absolute Gasteiger partial charge is 0.335 e. The summed E-state index contributed by atoms with van der Waals surface area (Å²) in [6.07, 6.45) is 0. The zero-order valence-electron chi connectivity index (χ0n) is 21.7. The van der Waals surface area contributed by atoms with Crippen LogP contribution in [0.25, 0.3) is 10.9 Å². The first kappa shape index (κ1) is 31.5. The first-order chi connectivity index (χ1) is 19.6. The van der Waals surface area contributed by atoms with Gasteiger partial charge in [-0.25, -0.2) is 19.2 Å². The average molecular weight is 624 g/mol. The quantitative estimate of drug-likeness (QED) is 0.132. The highest BCUT2D eigenvalue weighted by atomic mass is 35.5. The minimum atomic E-state index is -0.923. The molecule has 0 spiro atoms. The minimum absolute atomic E-state index is 0.0559. The van der Waals surface area contributed by atoms with E-state index in [9.17, 15) is 14.0 Å². The summed E-state index contributed by atoms with van der Waals surface area (Å²) in [4.78, 5) is 32.4. The highest BCUT2D eigenvalue weighted by Gasteiger charge is 2.15. The fourth-order valence-corrected chi connectivity index (χ4v) is 4.24. The van der Waals surface area contributed by atoms with Crippen molar-refractivity contribution in [3.63, 3.8) is 0 Å². The van der Waals surface area contributed by atoms with Gasteiger partial charge in [0, 0.05) is 47.7 Å². The van der Waals surface area contributed by atoms with Crippen LogP contribution in [0.5, 0.6) is 5.75 Å². The summed E-state index contributed by atoms with van der Waals surface area (Å²) >= 11 is 17.2. The van der Waals surface area contributed by atoms with Crippen molar-refractivity contribution < 1.29 is 23.8 Å². The van der Waals surface area contributed by atoms with Crippen molar-refractivity contribution in [1.82, 2.24) is 9.97 Å². The van der Waals surface area contributed by atoms with Gasteiger partial charge in [0.15, 0.2) is 0 Å². The van der Waals surface area contributed by atoms with Crippen LogP contribution in [0.3, 0.4) is 0 Å². The molecular formula is C27H26Cl3FN6O4. The number of primary amides is 1. The molecule has 41 heavy (non-hydrogen) atoms. The maximum Gasteiger partial charge on any atom is 0.335 e. The Morgan fingerprint density at radius 1 is 1.05 bits per heavy atom. The van der Waals surface area contributed by atoms with Crippen LogP contribution in [0.15, 0.2) is 54.6 Å². The van der Waals surface area contributed by atoms with Gasteiger partial charge in [-0.3, -0.25) is 4.79 Å². The van der Waals surface area contributed by atoms with Gasteiger partial charge in [0.1, 0.15) is 17.4 Å². The SMILES string of the molecule is COc1cc2nc(C(N)=O)nc(Nc3ccc(F)c(Cl)c3)c2cc1N.O=C(O)c1ccc(N(CCCl)CCCl)cc1. The second-order valence-corrected chi connectivity index (χ2v) is 9.51. The monoisotopic (exact) mass is 622 g/mol. The van der Waals surface area contributed by atoms with Gasteiger partial charge in [0.05, 0.1) is 28.9 Å². The lowest BCUT2D eigenvalue weighted by molar-refractivity contribution is 0.0696. The number of aromatic nitrogens is 2. The fraction of sp³-hybridized carbons (Fsp3) is 0.185. The summed E-state index contributed by atoms with van der Waals surface area (Å²) in [7, 11) is 1.47. The van der Waals surface area contributed by atoms with E-state index >= 15 is 0 Å². The van der Waals surface area contributed by atoms with Crippen molar-refractivity contribution >= 4 is 80.5 Å². The van der Waals surface area contributed by atoms with Crippen LogP contribution in [-0.2, 0) is 0 Å². The van der Waals surface area contributed by atoms with Crippen molar-refractivity contribution in [3.05, 3.63) is 76.8 Å². The maximum absolute atomic E-state index is 13.3. The topological polar surface area (TPSA) is 157 Å². The van der Waals surface area contributed by atoms with Gasteiger partial charge in [-0.2, -0.15) is 0 Å². The zero-order valence-corrected chi connectivity index (χ0v) is 24.0. The number of methoxy groups -OCH3 is 1. The Hall–Kier alpha value is -4.06. The van der Waals surface area contributed by atoms with E-state index in [1.165, 1.54) is 25.3 Å². The third-order valence-electron chi connectivity index (χ3n) is 5.64. The van der Waals surface area contributed by atoms with Gasteiger partial charge in [-0.05, 0) is 48.5 Å². The Balaban J connectivity index is 0.000000250. The van der Waals surface area contributed by atoms with Crippen molar-refractivity contribution in [1.29, 1.82) is 0 Å². The van der Waals surface area contributed by atoms with E-state index in [1.54, 1.807) is 36.4 Å². The van der Waals surface area contributed by atoms with E-state index in [0.717, 1.165) is 5.69 Å². The molecule has 0 saturated heterocycles. The Bertz CT molecular complexity index is 1540. The largest absolute Gasteiger partial charge is 0.495 e. The number of amides is 1. The number of carbonyl (C=O) groups is 2. The summed E-state index contributed by atoms with van der Waals surface area (Å²) in [5.41, 5.74) is 13.7. The predicted molar refractivity (Wildman–Crippen MR) is 161 cm³/mol. The molecule has 1 amide bonds. The number of hydrogen-bond acceptors (Lipinski definition) is 8. The van der Waals surface area contributed by atoms with Crippen LogP contribution in [0, 0.1) is 5.82 Å². The highest BCUT2D eigenvalue weighted by Crippen LogP contribution is 2.32. The number of alkyl halides is 2. The Morgan fingerprint density at radius 3 is 2.24 bits per heavy atom. The number of hydrogen-bond donors (Lipinski definition) is 4. The molecule has 3 aromatic carbocycles. The van der Waals surface area contributed by atoms with E-state index < -0.39 is 17.7 Å². The molecule has 0 radical (unpaired) electrons. The van der Waals surface area contributed by atoms with E-state index in [0.29, 0.717) is 52.9 Å². The van der Waals surface area contributed by atoms with Gasteiger partial charge >= 0.3 is 5.97 Å².